The number of benzene rings is 2. The number of fused-ring (bicyclic) bond motifs is 1. The number of methoxy groups -OCH3 is 2. The average Bonchev–Trinajstić information content (AvgIpc) is 2.65. The molecule has 0 saturated heterocycles. The molecule has 3 rings (SSSR count). The summed E-state index contributed by atoms with van der Waals surface area (Å²) in [5.74, 6) is 0.915. The van der Waals surface area contributed by atoms with Gasteiger partial charge in [0.05, 0.1) is 25.3 Å². The molecule has 0 aliphatic heterocycles. The molecule has 0 N–H and O–H groups in total. The summed E-state index contributed by atoms with van der Waals surface area (Å²) in [4.78, 5) is 17.1. The molecule has 0 aliphatic carbocycles. The van der Waals surface area contributed by atoms with Crippen LogP contribution in [-0.4, -0.2) is 25.0 Å². The van der Waals surface area contributed by atoms with E-state index < -0.39 is 0 Å². The van der Waals surface area contributed by atoms with Gasteiger partial charge in [-0.15, -0.1) is 0 Å². The number of hydrogen-bond donors (Lipinski definition) is 0. The summed E-state index contributed by atoms with van der Waals surface area (Å²) >= 11 is 8.34. The Balaban J connectivity index is 1.97. The summed E-state index contributed by atoms with van der Waals surface area (Å²) in [7, 11) is 3.09. The number of halogens is 2. The molecule has 4 nitrogen and oxygen atoms in total. The zero-order valence-electron chi connectivity index (χ0n) is 14.1. The van der Waals surface area contributed by atoms with Crippen molar-refractivity contribution in [1.82, 2.24) is 4.98 Å². The Morgan fingerprint density at radius 1 is 1.15 bits per heavy atom. The molecule has 26 heavy (non-hydrogen) atoms. The van der Waals surface area contributed by atoms with Crippen LogP contribution < -0.4 is 9.47 Å². The number of aromatic nitrogens is 1. The van der Waals surface area contributed by atoms with E-state index in [2.05, 4.69) is 27.6 Å². The van der Waals surface area contributed by atoms with Crippen molar-refractivity contribution in [2.75, 3.05) is 14.2 Å². The molecule has 0 bridgehead atoms. The molecule has 0 atom stereocenters. The van der Waals surface area contributed by atoms with Crippen LogP contribution in [0, 0.1) is 3.57 Å². The number of allylic oxidation sites excluding steroid dienone is 1. The van der Waals surface area contributed by atoms with Gasteiger partial charge in [0.1, 0.15) is 16.7 Å². The highest BCUT2D eigenvalue weighted by atomic mass is 127. The molecule has 2 aromatic carbocycles. The number of nitrogens with zero attached hydrogens (tertiary/aromatic N) is 1. The molecule has 0 spiro atoms. The van der Waals surface area contributed by atoms with Crippen LogP contribution >= 0.6 is 34.2 Å². The molecule has 1 aromatic heterocycles. The Hall–Kier alpha value is -2.12. The van der Waals surface area contributed by atoms with Crippen molar-refractivity contribution in [2.45, 2.75) is 0 Å². The van der Waals surface area contributed by atoms with Crippen LogP contribution in [0.2, 0.25) is 5.15 Å². The first-order valence-electron chi connectivity index (χ1n) is 7.72. The molecule has 0 amide bonds. The van der Waals surface area contributed by atoms with E-state index in [9.17, 15) is 4.79 Å². The minimum absolute atomic E-state index is 0.182. The summed E-state index contributed by atoms with van der Waals surface area (Å²) in [6.07, 6.45) is 3.15. The van der Waals surface area contributed by atoms with E-state index in [0.29, 0.717) is 27.8 Å². The molecule has 3 aromatic rings. The first-order valence-corrected chi connectivity index (χ1v) is 9.18. The number of hydrogen-bond acceptors (Lipinski definition) is 4. The van der Waals surface area contributed by atoms with E-state index in [1.165, 1.54) is 13.2 Å². The van der Waals surface area contributed by atoms with Crippen molar-refractivity contribution in [3.63, 3.8) is 0 Å². The predicted molar refractivity (Wildman–Crippen MR) is 112 cm³/mol. The standard InChI is InChI=1S/C20H15ClINO3/c1-25-14-10-15(22)19(18(11-14)26-2)17(24)8-7-13-9-12-5-3-4-6-16(12)23-20(13)21/h3-11H,1-2H3/b8-7+. The maximum atomic E-state index is 12.7. The second-order valence-electron chi connectivity index (χ2n) is 5.45. The molecule has 0 aliphatic rings. The van der Waals surface area contributed by atoms with Crippen molar-refractivity contribution >= 4 is 57.0 Å². The van der Waals surface area contributed by atoms with Gasteiger partial charge in [0.25, 0.3) is 0 Å². The first kappa shape index (κ1) is 18.7. The summed E-state index contributed by atoms with van der Waals surface area (Å²) in [6.45, 7) is 0. The van der Waals surface area contributed by atoms with Gasteiger partial charge in [0, 0.05) is 20.6 Å². The van der Waals surface area contributed by atoms with Crippen LogP contribution in [0.25, 0.3) is 17.0 Å². The zero-order valence-corrected chi connectivity index (χ0v) is 17.0. The van der Waals surface area contributed by atoms with Gasteiger partial charge in [-0.3, -0.25) is 4.79 Å². The largest absolute Gasteiger partial charge is 0.497 e. The maximum Gasteiger partial charge on any atom is 0.190 e. The lowest BCUT2D eigenvalue weighted by Gasteiger charge is -2.10. The lowest BCUT2D eigenvalue weighted by atomic mass is 10.1. The lowest BCUT2D eigenvalue weighted by molar-refractivity contribution is 0.104. The van der Waals surface area contributed by atoms with Crippen molar-refractivity contribution in [3.05, 3.63) is 68.4 Å². The summed E-state index contributed by atoms with van der Waals surface area (Å²) in [6, 6.07) is 13.1. The highest BCUT2D eigenvalue weighted by Gasteiger charge is 2.16. The SMILES string of the molecule is COc1cc(I)c(C(=O)/C=C/c2cc3ccccc3nc2Cl)c(OC)c1. The molecule has 132 valence electrons. The number of carbonyl (C=O) groups is 1. The van der Waals surface area contributed by atoms with Gasteiger partial charge in [0.15, 0.2) is 5.78 Å². The number of rotatable bonds is 5. The molecule has 0 fully saturated rings. The fourth-order valence-electron chi connectivity index (χ4n) is 2.55. The molecular weight excluding hydrogens is 465 g/mol. The Kier molecular flexibility index (Phi) is 5.78. The maximum absolute atomic E-state index is 12.7. The molecule has 6 heteroatoms. The minimum atomic E-state index is -0.182. The Morgan fingerprint density at radius 2 is 1.92 bits per heavy atom. The fourth-order valence-corrected chi connectivity index (χ4v) is 3.60. The van der Waals surface area contributed by atoms with E-state index in [1.807, 2.05) is 30.3 Å². The van der Waals surface area contributed by atoms with Gasteiger partial charge in [-0.1, -0.05) is 29.8 Å². The van der Waals surface area contributed by atoms with Crippen LogP contribution in [0.4, 0.5) is 0 Å². The van der Waals surface area contributed by atoms with Crippen LogP contribution in [0.15, 0.2) is 48.5 Å². The third kappa shape index (κ3) is 3.83. The molecular formula is C20H15ClINO3. The molecule has 1 heterocycles. The van der Waals surface area contributed by atoms with Crippen molar-refractivity contribution in [3.8, 4) is 11.5 Å². The fraction of sp³-hybridized carbons (Fsp3) is 0.100. The van der Waals surface area contributed by atoms with Gasteiger partial charge in [-0.05, 0) is 52.9 Å². The van der Waals surface area contributed by atoms with E-state index in [4.69, 9.17) is 21.1 Å². The third-order valence-electron chi connectivity index (χ3n) is 3.85. The van der Waals surface area contributed by atoms with Gasteiger partial charge in [0.2, 0.25) is 0 Å². The van der Waals surface area contributed by atoms with E-state index in [-0.39, 0.29) is 5.78 Å². The lowest BCUT2D eigenvalue weighted by Crippen LogP contribution is -2.03. The summed E-state index contributed by atoms with van der Waals surface area (Å²) in [5, 5.41) is 1.31. The number of carbonyl (C=O) groups excluding carboxylic acids is 1. The zero-order chi connectivity index (χ0) is 18.7. The minimum Gasteiger partial charge on any atom is -0.497 e. The monoisotopic (exact) mass is 479 g/mol. The number of ketones is 1. The molecule has 0 saturated carbocycles. The predicted octanol–water partition coefficient (Wildman–Crippen LogP) is 5.41. The second-order valence-corrected chi connectivity index (χ2v) is 6.97. The van der Waals surface area contributed by atoms with Crippen LogP contribution in [-0.2, 0) is 0 Å². The third-order valence-corrected chi connectivity index (χ3v) is 5.00. The van der Waals surface area contributed by atoms with Crippen LogP contribution in [0.3, 0.4) is 0 Å². The number of ether oxygens (including phenoxy) is 2. The highest BCUT2D eigenvalue weighted by molar-refractivity contribution is 14.1. The van der Waals surface area contributed by atoms with Crippen molar-refractivity contribution < 1.29 is 14.3 Å². The number of pyridine rings is 1. The van der Waals surface area contributed by atoms with E-state index in [0.717, 1.165) is 14.5 Å². The Morgan fingerprint density at radius 3 is 2.65 bits per heavy atom. The van der Waals surface area contributed by atoms with Crippen molar-refractivity contribution in [1.29, 1.82) is 0 Å². The summed E-state index contributed by atoms with van der Waals surface area (Å²) in [5.41, 5.74) is 1.98. The Labute approximate surface area is 169 Å². The summed E-state index contributed by atoms with van der Waals surface area (Å²) < 4.78 is 11.3. The quantitative estimate of drug-likeness (QED) is 0.213. The van der Waals surface area contributed by atoms with Crippen LogP contribution in [0.5, 0.6) is 11.5 Å². The van der Waals surface area contributed by atoms with Crippen molar-refractivity contribution in [2.24, 2.45) is 0 Å². The smallest absolute Gasteiger partial charge is 0.190 e. The van der Waals surface area contributed by atoms with Gasteiger partial charge >= 0.3 is 0 Å². The first-order chi connectivity index (χ1) is 12.5. The van der Waals surface area contributed by atoms with Crippen LogP contribution in [0.1, 0.15) is 15.9 Å². The van der Waals surface area contributed by atoms with E-state index in [1.54, 1.807) is 25.3 Å². The number of para-hydroxylation sites is 1. The van der Waals surface area contributed by atoms with Gasteiger partial charge < -0.3 is 9.47 Å². The van der Waals surface area contributed by atoms with E-state index >= 15 is 0 Å². The Bertz CT molecular complexity index is 1020. The topological polar surface area (TPSA) is 48.4 Å². The highest BCUT2D eigenvalue weighted by Crippen LogP contribution is 2.31. The van der Waals surface area contributed by atoms with Gasteiger partial charge in [-0.25, -0.2) is 4.98 Å². The normalized spacial score (nSPS) is 11.1. The second kappa shape index (κ2) is 8.05. The molecule has 0 radical (unpaired) electrons. The average molecular weight is 480 g/mol. The molecule has 0 unspecified atom stereocenters. The van der Waals surface area contributed by atoms with Gasteiger partial charge in [-0.2, -0.15) is 0 Å².